The van der Waals surface area contributed by atoms with Crippen LogP contribution < -0.4 is 10.6 Å². The van der Waals surface area contributed by atoms with Gasteiger partial charge in [-0.1, -0.05) is 17.7 Å². The van der Waals surface area contributed by atoms with Crippen LogP contribution in [-0.2, 0) is 0 Å². The highest BCUT2D eigenvalue weighted by molar-refractivity contribution is 6.31. The first kappa shape index (κ1) is 12.3. The lowest BCUT2D eigenvalue weighted by Crippen LogP contribution is -2.23. The summed E-state index contributed by atoms with van der Waals surface area (Å²) in [6.45, 7) is 1.65. The van der Waals surface area contributed by atoms with Crippen molar-refractivity contribution in [3.05, 3.63) is 28.8 Å². The Balaban J connectivity index is 3.03. The molecule has 0 spiro atoms. The van der Waals surface area contributed by atoms with E-state index >= 15 is 0 Å². The van der Waals surface area contributed by atoms with Crippen molar-refractivity contribution >= 4 is 17.3 Å². The van der Waals surface area contributed by atoms with Crippen LogP contribution in [0.15, 0.2) is 18.2 Å². The standard InChI is InChI=1S/C11H17ClN2O/c1-7(15)11(13)9-5-4-8(14(2)3)6-10(9)12/h4-7,11,15H,13H2,1-3H3/t7-,11-/m0/s1. The van der Waals surface area contributed by atoms with E-state index < -0.39 is 12.1 Å². The highest BCUT2D eigenvalue weighted by Gasteiger charge is 2.15. The van der Waals surface area contributed by atoms with Gasteiger partial charge >= 0.3 is 0 Å². The Morgan fingerprint density at radius 3 is 2.40 bits per heavy atom. The molecule has 0 radical (unpaired) electrons. The number of nitrogens with two attached hydrogens (primary N) is 1. The molecule has 3 nitrogen and oxygen atoms in total. The molecule has 0 heterocycles. The molecule has 0 unspecified atom stereocenters. The fraction of sp³-hybridized carbons (Fsp3) is 0.455. The maximum Gasteiger partial charge on any atom is 0.0705 e. The first-order valence-corrected chi connectivity index (χ1v) is 5.21. The van der Waals surface area contributed by atoms with Crippen molar-refractivity contribution in [1.82, 2.24) is 0 Å². The zero-order valence-electron chi connectivity index (χ0n) is 9.24. The van der Waals surface area contributed by atoms with E-state index in [1.807, 2.05) is 37.2 Å². The molecule has 0 aliphatic heterocycles. The molecule has 0 amide bonds. The van der Waals surface area contributed by atoms with Crippen LogP contribution in [0.3, 0.4) is 0 Å². The van der Waals surface area contributed by atoms with Gasteiger partial charge in [0.25, 0.3) is 0 Å². The normalized spacial score (nSPS) is 14.8. The highest BCUT2D eigenvalue weighted by Crippen LogP contribution is 2.27. The Labute approximate surface area is 95.5 Å². The summed E-state index contributed by atoms with van der Waals surface area (Å²) in [5.41, 5.74) is 7.61. The van der Waals surface area contributed by atoms with Crippen LogP contribution in [0.25, 0.3) is 0 Å². The maximum absolute atomic E-state index is 9.38. The predicted octanol–water partition coefficient (Wildman–Crippen LogP) is 1.79. The van der Waals surface area contributed by atoms with Gasteiger partial charge in [-0.05, 0) is 24.6 Å². The molecule has 4 heteroatoms. The van der Waals surface area contributed by atoms with Gasteiger partial charge in [-0.3, -0.25) is 0 Å². The number of nitrogens with zero attached hydrogens (tertiary/aromatic N) is 1. The van der Waals surface area contributed by atoms with Gasteiger partial charge in [-0.15, -0.1) is 0 Å². The molecule has 0 fully saturated rings. The van der Waals surface area contributed by atoms with Crippen molar-refractivity contribution in [2.45, 2.75) is 19.1 Å². The van der Waals surface area contributed by atoms with Gasteiger partial charge < -0.3 is 15.7 Å². The Bertz CT molecular complexity index is 339. The van der Waals surface area contributed by atoms with Crippen LogP contribution in [0.5, 0.6) is 0 Å². The van der Waals surface area contributed by atoms with Gasteiger partial charge in [0.2, 0.25) is 0 Å². The fourth-order valence-corrected chi connectivity index (χ4v) is 1.63. The molecule has 15 heavy (non-hydrogen) atoms. The first-order valence-electron chi connectivity index (χ1n) is 4.84. The number of anilines is 1. The summed E-state index contributed by atoms with van der Waals surface area (Å²) in [7, 11) is 3.89. The van der Waals surface area contributed by atoms with Gasteiger partial charge in [0.1, 0.15) is 0 Å². The average molecular weight is 229 g/mol. The van der Waals surface area contributed by atoms with Crippen molar-refractivity contribution in [3.63, 3.8) is 0 Å². The number of aliphatic hydroxyl groups is 1. The molecule has 0 aromatic heterocycles. The minimum absolute atomic E-state index is 0.436. The smallest absolute Gasteiger partial charge is 0.0705 e. The van der Waals surface area contributed by atoms with Gasteiger partial charge in [-0.2, -0.15) is 0 Å². The predicted molar refractivity (Wildman–Crippen MR) is 64.4 cm³/mol. The van der Waals surface area contributed by atoms with Crippen LogP contribution in [0.1, 0.15) is 18.5 Å². The lowest BCUT2D eigenvalue weighted by molar-refractivity contribution is 0.164. The Kier molecular flexibility index (Phi) is 3.97. The molecule has 1 aromatic carbocycles. The van der Waals surface area contributed by atoms with Crippen LogP contribution in [0, 0.1) is 0 Å². The van der Waals surface area contributed by atoms with Crippen LogP contribution in [-0.4, -0.2) is 25.3 Å². The number of hydrogen-bond acceptors (Lipinski definition) is 3. The van der Waals surface area contributed by atoms with Crippen molar-refractivity contribution < 1.29 is 5.11 Å². The summed E-state index contributed by atoms with van der Waals surface area (Å²) in [4.78, 5) is 1.96. The number of aliphatic hydroxyl groups excluding tert-OH is 1. The summed E-state index contributed by atoms with van der Waals surface area (Å²) in [6, 6.07) is 5.20. The molecule has 0 aliphatic rings. The zero-order chi connectivity index (χ0) is 11.6. The van der Waals surface area contributed by atoms with Crippen LogP contribution >= 0.6 is 11.6 Å². The third-order valence-electron chi connectivity index (χ3n) is 2.38. The van der Waals surface area contributed by atoms with Gasteiger partial charge in [0, 0.05) is 24.8 Å². The molecular formula is C11H17ClN2O. The number of rotatable bonds is 3. The summed E-state index contributed by atoms with van der Waals surface area (Å²) in [6.07, 6.45) is -0.604. The van der Waals surface area contributed by atoms with E-state index in [4.69, 9.17) is 17.3 Å². The van der Waals surface area contributed by atoms with Gasteiger partial charge in [-0.25, -0.2) is 0 Å². The second-order valence-corrected chi connectivity index (χ2v) is 4.27. The quantitative estimate of drug-likeness (QED) is 0.830. The van der Waals surface area contributed by atoms with Crippen molar-refractivity contribution in [1.29, 1.82) is 0 Å². The van der Waals surface area contributed by atoms with E-state index in [9.17, 15) is 5.11 Å². The van der Waals surface area contributed by atoms with Crippen molar-refractivity contribution in [2.24, 2.45) is 5.73 Å². The van der Waals surface area contributed by atoms with Gasteiger partial charge in [0.15, 0.2) is 0 Å². The Morgan fingerprint density at radius 2 is 2.00 bits per heavy atom. The Morgan fingerprint density at radius 1 is 1.40 bits per heavy atom. The maximum atomic E-state index is 9.38. The molecule has 1 aromatic rings. The van der Waals surface area contributed by atoms with Gasteiger partial charge in [0.05, 0.1) is 12.1 Å². The molecule has 1 rings (SSSR count). The summed E-state index contributed by atoms with van der Waals surface area (Å²) < 4.78 is 0. The molecule has 0 bridgehead atoms. The summed E-state index contributed by atoms with van der Waals surface area (Å²) in [5, 5.41) is 9.98. The van der Waals surface area contributed by atoms with Crippen LogP contribution in [0.4, 0.5) is 5.69 Å². The third kappa shape index (κ3) is 2.84. The van der Waals surface area contributed by atoms with Crippen LogP contribution in [0.2, 0.25) is 5.02 Å². The van der Waals surface area contributed by atoms with E-state index in [1.165, 1.54) is 0 Å². The lowest BCUT2D eigenvalue weighted by Gasteiger charge is -2.19. The molecule has 84 valence electrons. The molecule has 3 N–H and O–H groups in total. The monoisotopic (exact) mass is 228 g/mol. The second kappa shape index (κ2) is 4.84. The SMILES string of the molecule is C[C@H](O)[C@H](N)c1ccc(N(C)C)cc1Cl. The van der Waals surface area contributed by atoms with E-state index in [2.05, 4.69) is 0 Å². The second-order valence-electron chi connectivity index (χ2n) is 3.87. The summed E-state index contributed by atoms with van der Waals surface area (Å²) >= 11 is 6.09. The molecule has 0 saturated heterocycles. The summed E-state index contributed by atoms with van der Waals surface area (Å²) in [5.74, 6) is 0. The minimum Gasteiger partial charge on any atom is -0.391 e. The van der Waals surface area contributed by atoms with E-state index in [0.717, 1.165) is 11.3 Å². The van der Waals surface area contributed by atoms with Crippen molar-refractivity contribution in [3.8, 4) is 0 Å². The highest BCUT2D eigenvalue weighted by atomic mass is 35.5. The largest absolute Gasteiger partial charge is 0.391 e. The minimum atomic E-state index is -0.604. The van der Waals surface area contributed by atoms with E-state index in [-0.39, 0.29) is 0 Å². The van der Waals surface area contributed by atoms with E-state index in [0.29, 0.717) is 5.02 Å². The zero-order valence-corrected chi connectivity index (χ0v) is 9.99. The molecule has 2 atom stereocenters. The number of hydrogen-bond donors (Lipinski definition) is 2. The first-order chi connectivity index (χ1) is 6.93. The molecular weight excluding hydrogens is 212 g/mol. The average Bonchev–Trinajstić information content (AvgIpc) is 2.16. The van der Waals surface area contributed by atoms with Crippen molar-refractivity contribution in [2.75, 3.05) is 19.0 Å². The Hall–Kier alpha value is -0.770. The topological polar surface area (TPSA) is 49.5 Å². The fourth-order valence-electron chi connectivity index (χ4n) is 1.32. The lowest BCUT2D eigenvalue weighted by atomic mass is 10.0. The number of benzene rings is 1. The van der Waals surface area contributed by atoms with E-state index in [1.54, 1.807) is 6.92 Å². The third-order valence-corrected chi connectivity index (χ3v) is 2.71. The molecule has 0 aliphatic carbocycles. The number of halogens is 1. The molecule has 0 saturated carbocycles.